The molecule has 0 fully saturated rings. The van der Waals surface area contributed by atoms with Crippen molar-refractivity contribution in [1.82, 2.24) is 0 Å². The molecule has 0 unspecified atom stereocenters. The third-order valence-corrected chi connectivity index (χ3v) is 5.14. The van der Waals surface area contributed by atoms with Crippen molar-refractivity contribution >= 4 is 29.1 Å². The van der Waals surface area contributed by atoms with Crippen LogP contribution in [-0.4, -0.2) is 11.8 Å². The van der Waals surface area contributed by atoms with Crippen LogP contribution in [-0.2, 0) is 18.6 Å². The number of nitrogens with two attached hydrogens (primary N) is 2. The monoisotopic (exact) mass is 461 g/mol. The lowest BCUT2D eigenvalue weighted by molar-refractivity contribution is -0.137. The minimum absolute atomic E-state index is 0.139. The number of primary amides is 1. The molecule has 9 heteroatoms. The molecule has 0 bridgehead atoms. The van der Waals surface area contributed by atoms with Gasteiger partial charge in [-0.15, -0.1) is 11.6 Å². The van der Waals surface area contributed by atoms with Gasteiger partial charge in [0.15, 0.2) is 0 Å². The van der Waals surface area contributed by atoms with Gasteiger partial charge in [-0.25, -0.2) is 0 Å². The SMILES string of the molecule is NCc1ccc(NC(=O)c2cccc(C(F)(F)F)c2)cc1-c1cc(CCl)ccc1C(N)=O. The predicted molar refractivity (Wildman–Crippen MR) is 117 cm³/mol. The van der Waals surface area contributed by atoms with Crippen LogP contribution in [0.5, 0.6) is 0 Å². The van der Waals surface area contributed by atoms with Crippen molar-refractivity contribution in [2.24, 2.45) is 11.5 Å². The minimum atomic E-state index is -4.56. The van der Waals surface area contributed by atoms with Crippen LogP contribution in [0.2, 0.25) is 0 Å². The Morgan fingerprint density at radius 2 is 1.72 bits per heavy atom. The van der Waals surface area contributed by atoms with Gasteiger partial charge in [-0.05, 0) is 64.7 Å². The number of anilines is 1. The van der Waals surface area contributed by atoms with Crippen molar-refractivity contribution in [1.29, 1.82) is 0 Å². The molecule has 3 aromatic carbocycles. The highest BCUT2D eigenvalue weighted by molar-refractivity contribution is 6.17. The van der Waals surface area contributed by atoms with E-state index < -0.39 is 23.6 Å². The highest BCUT2D eigenvalue weighted by atomic mass is 35.5. The molecular formula is C23H19ClF3N3O2. The number of rotatable bonds is 6. The largest absolute Gasteiger partial charge is 0.416 e. The quantitative estimate of drug-likeness (QED) is 0.454. The first-order valence-electron chi connectivity index (χ1n) is 9.44. The van der Waals surface area contributed by atoms with E-state index in [0.717, 1.165) is 23.8 Å². The summed E-state index contributed by atoms with van der Waals surface area (Å²) < 4.78 is 38.9. The van der Waals surface area contributed by atoms with E-state index >= 15 is 0 Å². The van der Waals surface area contributed by atoms with E-state index in [1.165, 1.54) is 6.07 Å². The smallest absolute Gasteiger partial charge is 0.366 e. The maximum absolute atomic E-state index is 13.0. The van der Waals surface area contributed by atoms with Crippen molar-refractivity contribution < 1.29 is 22.8 Å². The van der Waals surface area contributed by atoms with E-state index in [9.17, 15) is 22.8 Å². The fourth-order valence-corrected chi connectivity index (χ4v) is 3.40. The summed E-state index contributed by atoms with van der Waals surface area (Å²) in [5.74, 6) is -1.16. The Morgan fingerprint density at radius 1 is 0.969 bits per heavy atom. The Bertz CT molecular complexity index is 1180. The minimum Gasteiger partial charge on any atom is -0.366 e. The summed E-state index contributed by atoms with van der Waals surface area (Å²) in [4.78, 5) is 24.5. The molecular weight excluding hydrogens is 443 g/mol. The Labute approximate surface area is 187 Å². The van der Waals surface area contributed by atoms with Crippen molar-refractivity contribution in [2.75, 3.05) is 5.32 Å². The molecule has 0 radical (unpaired) electrons. The first kappa shape index (κ1) is 23.3. The number of amides is 2. The highest BCUT2D eigenvalue weighted by Crippen LogP contribution is 2.32. The first-order valence-corrected chi connectivity index (χ1v) is 9.98. The number of halogens is 4. The van der Waals surface area contributed by atoms with Crippen molar-refractivity contribution in [3.05, 3.63) is 88.5 Å². The van der Waals surface area contributed by atoms with Gasteiger partial charge >= 0.3 is 6.18 Å². The number of hydrogen-bond acceptors (Lipinski definition) is 3. The lowest BCUT2D eigenvalue weighted by atomic mass is 9.93. The summed E-state index contributed by atoms with van der Waals surface area (Å²) in [5.41, 5.74) is 13.3. The fraction of sp³-hybridized carbons (Fsp3) is 0.130. The van der Waals surface area contributed by atoms with Crippen LogP contribution < -0.4 is 16.8 Å². The van der Waals surface area contributed by atoms with Crippen LogP contribution in [0.15, 0.2) is 60.7 Å². The molecule has 0 aliphatic rings. The average Bonchev–Trinajstić information content (AvgIpc) is 2.78. The zero-order valence-electron chi connectivity index (χ0n) is 16.7. The normalized spacial score (nSPS) is 11.3. The zero-order chi connectivity index (χ0) is 23.5. The maximum atomic E-state index is 13.0. The Kier molecular flexibility index (Phi) is 6.86. The third kappa shape index (κ3) is 5.09. The number of benzene rings is 3. The van der Waals surface area contributed by atoms with Gasteiger partial charge in [0.2, 0.25) is 5.91 Å². The molecule has 0 spiro atoms. The molecule has 0 atom stereocenters. The Hall–Kier alpha value is -3.36. The number of alkyl halides is 4. The maximum Gasteiger partial charge on any atom is 0.416 e. The zero-order valence-corrected chi connectivity index (χ0v) is 17.4. The van der Waals surface area contributed by atoms with Crippen molar-refractivity contribution in [2.45, 2.75) is 18.6 Å². The third-order valence-electron chi connectivity index (χ3n) is 4.83. The summed E-state index contributed by atoms with van der Waals surface area (Å²) >= 11 is 5.93. The van der Waals surface area contributed by atoms with Gasteiger partial charge < -0.3 is 16.8 Å². The van der Waals surface area contributed by atoms with Gasteiger partial charge in [0.25, 0.3) is 5.91 Å². The van der Waals surface area contributed by atoms with Gasteiger partial charge in [-0.2, -0.15) is 13.2 Å². The molecule has 32 heavy (non-hydrogen) atoms. The van der Waals surface area contributed by atoms with Crippen LogP contribution in [0.4, 0.5) is 18.9 Å². The molecule has 0 aliphatic carbocycles. The van der Waals surface area contributed by atoms with Gasteiger partial charge in [-0.3, -0.25) is 9.59 Å². The van der Waals surface area contributed by atoms with Gasteiger partial charge in [0, 0.05) is 29.2 Å². The number of hydrogen-bond donors (Lipinski definition) is 3. The average molecular weight is 462 g/mol. The molecule has 0 saturated carbocycles. The highest BCUT2D eigenvalue weighted by Gasteiger charge is 2.31. The van der Waals surface area contributed by atoms with Crippen LogP contribution in [0, 0.1) is 0 Å². The topological polar surface area (TPSA) is 98.2 Å². The predicted octanol–water partition coefficient (Wildman–Crippen LogP) is 4.92. The van der Waals surface area contributed by atoms with E-state index in [4.69, 9.17) is 23.1 Å². The standard InChI is InChI=1S/C23H19ClF3N3O2/c24-11-13-4-7-18(21(29)31)20(8-13)19-10-17(6-5-15(19)12-28)30-22(32)14-2-1-3-16(9-14)23(25,26)27/h1-10H,11-12,28H2,(H2,29,31)(H,30,32). The lowest BCUT2D eigenvalue weighted by Crippen LogP contribution is -2.15. The molecule has 3 rings (SSSR count). The van der Waals surface area contributed by atoms with Gasteiger partial charge in [-0.1, -0.05) is 18.2 Å². The second-order valence-corrected chi connectivity index (χ2v) is 7.25. The second-order valence-electron chi connectivity index (χ2n) is 6.99. The molecule has 0 heterocycles. The van der Waals surface area contributed by atoms with Crippen molar-refractivity contribution in [3.8, 4) is 11.1 Å². The molecule has 2 amide bonds. The number of nitrogens with one attached hydrogen (secondary N) is 1. The number of carbonyl (C=O) groups is 2. The van der Waals surface area contributed by atoms with E-state index in [0.29, 0.717) is 22.4 Å². The van der Waals surface area contributed by atoms with Crippen LogP contribution in [0.3, 0.4) is 0 Å². The second kappa shape index (κ2) is 9.42. The van der Waals surface area contributed by atoms with Crippen molar-refractivity contribution in [3.63, 3.8) is 0 Å². The summed E-state index contributed by atoms with van der Waals surface area (Å²) in [7, 11) is 0. The van der Waals surface area contributed by atoms with Gasteiger partial charge in [0.05, 0.1) is 5.56 Å². The first-order chi connectivity index (χ1) is 15.1. The fourth-order valence-electron chi connectivity index (χ4n) is 3.24. The molecule has 0 saturated heterocycles. The van der Waals surface area contributed by atoms with Gasteiger partial charge in [0.1, 0.15) is 0 Å². The molecule has 5 N–H and O–H groups in total. The molecule has 5 nitrogen and oxygen atoms in total. The summed E-state index contributed by atoms with van der Waals surface area (Å²) in [6.07, 6.45) is -4.56. The summed E-state index contributed by atoms with van der Waals surface area (Å²) in [6, 6.07) is 13.9. The Morgan fingerprint density at radius 3 is 2.34 bits per heavy atom. The van der Waals surface area contributed by atoms with E-state index in [1.54, 1.807) is 36.4 Å². The molecule has 166 valence electrons. The van der Waals surface area contributed by atoms with Crippen LogP contribution >= 0.6 is 11.6 Å². The van der Waals surface area contributed by atoms with E-state index in [2.05, 4.69) is 5.32 Å². The van der Waals surface area contributed by atoms with Crippen LogP contribution in [0.25, 0.3) is 11.1 Å². The summed E-state index contributed by atoms with van der Waals surface area (Å²) in [6.45, 7) is 0.139. The van der Waals surface area contributed by atoms with E-state index in [-0.39, 0.29) is 23.6 Å². The number of carbonyl (C=O) groups excluding carboxylic acids is 2. The summed E-state index contributed by atoms with van der Waals surface area (Å²) in [5, 5.41) is 2.59. The lowest BCUT2D eigenvalue weighted by Gasteiger charge is -2.15. The van der Waals surface area contributed by atoms with E-state index in [1.807, 2.05) is 0 Å². The molecule has 0 aromatic heterocycles. The Balaban J connectivity index is 2.01. The molecule has 0 aliphatic heterocycles. The molecule has 3 aromatic rings. The van der Waals surface area contributed by atoms with Crippen LogP contribution in [0.1, 0.15) is 37.4 Å².